The van der Waals surface area contributed by atoms with Crippen LogP contribution in [0, 0.1) is 0 Å². The second-order valence-corrected chi connectivity index (χ2v) is 9.81. The Morgan fingerprint density at radius 1 is 1.25 bits per heavy atom. The number of aromatic nitrogens is 5. The van der Waals surface area contributed by atoms with Crippen molar-refractivity contribution in [3.05, 3.63) is 66.2 Å². The number of hydrogen-bond donors (Lipinski definition) is 2. The van der Waals surface area contributed by atoms with Gasteiger partial charge in [0, 0.05) is 30.7 Å². The molecular formula is C24H29N7S. The lowest BCUT2D eigenvalue weighted by Gasteiger charge is -2.22. The van der Waals surface area contributed by atoms with Gasteiger partial charge in [0.05, 0.1) is 23.3 Å². The first-order chi connectivity index (χ1) is 15.7. The summed E-state index contributed by atoms with van der Waals surface area (Å²) in [5.74, 6) is 0.350. The van der Waals surface area contributed by atoms with Crippen LogP contribution in [0.15, 0.2) is 60.0 Å². The summed E-state index contributed by atoms with van der Waals surface area (Å²) in [5, 5.41) is 18.1. The van der Waals surface area contributed by atoms with Crippen molar-refractivity contribution in [3.63, 3.8) is 0 Å². The van der Waals surface area contributed by atoms with Gasteiger partial charge in [-0.1, -0.05) is 43.8 Å². The number of benzene rings is 1. The van der Waals surface area contributed by atoms with E-state index in [1.54, 1.807) is 6.20 Å². The van der Waals surface area contributed by atoms with Crippen molar-refractivity contribution in [2.75, 3.05) is 18.4 Å². The van der Waals surface area contributed by atoms with Gasteiger partial charge in [0.2, 0.25) is 0 Å². The van der Waals surface area contributed by atoms with Crippen LogP contribution < -0.4 is 10.6 Å². The van der Waals surface area contributed by atoms with Crippen LogP contribution >= 0.6 is 11.8 Å². The normalized spacial score (nSPS) is 16.7. The third kappa shape index (κ3) is 4.38. The predicted octanol–water partition coefficient (Wildman–Crippen LogP) is 4.49. The average molecular weight is 448 g/mol. The summed E-state index contributed by atoms with van der Waals surface area (Å²) in [6.07, 6.45) is 8.17. The van der Waals surface area contributed by atoms with Crippen molar-refractivity contribution in [2.24, 2.45) is 0 Å². The number of nitrogens with one attached hydrogen (secondary N) is 2. The van der Waals surface area contributed by atoms with Crippen LogP contribution in [0.1, 0.15) is 43.9 Å². The molecule has 1 aromatic carbocycles. The standard InChI is InChI=1S/C24H29N7S/c1-17(2)22-16-27-24-20(13-23(29-31(22)24)32-19-8-5-10-25-15-19)26-14-18-7-3-4-9-21(18)30-12-6-11-28-30/h3-4,6-7,9,11-13,16-17,19,25-26H,5,8,10,14-15H2,1-2H3. The number of piperidine rings is 1. The van der Waals surface area contributed by atoms with Gasteiger partial charge in [0.25, 0.3) is 0 Å². The molecule has 1 unspecified atom stereocenters. The molecule has 2 N–H and O–H groups in total. The highest BCUT2D eigenvalue weighted by Gasteiger charge is 2.19. The Bertz CT molecular complexity index is 1180. The first-order valence-electron chi connectivity index (χ1n) is 11.3. The van der Waals surface area contributed by atoms with Crippen molar-refractivity contribution in [2.45, 2.75) is 49.4 Å². The third-order valence-electron chi connectivity index (χ3n) is 5.81. The zero-order chi connectivity index (χ0) is 21.9. The molecule has 1 aliphatic heterocycles. The molecule has 1 atom stereocenters. The van der Waals surface area contributed by atoms with E-state index in [9.17, 15) is 0 Å². The smallest absolute Gasteiger partial charge is 0.177 e. The minimum Gasteiger partial charge on any atom is -0.378 e. The first-order valence-corrected chi connectivity index (χ1v) is 12.1. The van der Waals surface area contributed by atoms with Gasteiger partial charge in [-0.3, -0.25) is 0 Å². The van der Waals surface area contributed by atoms with Gasteiger partial charge in [-0.2, -0.15) is 10.2 Å². The number of thioether (sulfide) groups is 1. The molecule has 0 amide bonds. The summed E-state index contributed by atoms with van der Waals surface area (Å²) in [6, 6.07) is 12.4. The van der Waals surface area contributed by atoms with E-state index in [0.717, 1.165) is 40.8 Å². The Labute approximate surface area is 192 Å². The number of hydrogen-bond acceptors (Lipinski definition) is 6. The maximum absolute atomic E-state index is 4.96. The minimum atomic E-state index is 0.350. The van der Waals surface area contributed by atoms with E-state index in [1.807, 2.05) is 45.5 Å². The number of imidazole rings is 1. The molecule has 1 saturated heterocycles. The first kappa shape index (κ1) is 21.0. The molecule has 4 aromatic rings. The topological polar surface area (TPSA) is 72.1 Å². The van der Waals surface area contributed by atoms with E-state index in [-0.39, 0.29) is 0 Å². The summed E-state index contributed by atoms with van der Waals surface area (Å²) in [7, 11) is 0. The SMILES string of the molecule is CC(C)c1cnc2c(NCc3ccccc3-n3cccn3)cc(SC3CCCNC3)nn12. The van der Waals surface area contributed by atoms with E-state index < -0.39 is 0 Å². The monoisotopic (exact) mass is 447 g/mol. The molecule has 0 spiro atoms. The van der Waals surface area contributed by atoms with Gasteiger partial charge in [-0.25, -0.2) is 14.2 Å². The molecule has 8 heteroatoms. The summed E-state index contributed by atoms with van der Waals surface area (Å²) in [5.41, 5.74) is 5.26. The van der Waals surface area contributed by atoms with Crippen LogP contribution in [-0.4, -0.2) is 42.7 Å². The zero-order valence-corrected chi connectivity index (χ0v) is 19.3. The molecule has 4 heterocycles. The Hall–Kier alpha value is -2.84. The number of nitrogens with zero attached hydrogens (tertiary/aromatic N) is 5. The predicted molar refractivity (Wildman–Crippen MR) is 130 cm³/mol. The fourth-order valence-corrected chi connectivity index (χ4v) is 5.26. The van der Waals surface area contributed by atoms with Crippen molar-refractivity contribution < 1.29 is 0 Å². The number of rotatable bonds is 7. The van der Waals surface area contributed by atoms with E-state index >= 15 is 0 Å². The molecule has 32 heavy (non-hydrogen) atoms. The number of para-hydroxylation sites is 1. The Morgan fingerprint density at radius 2 is 2.16 bits per heavy atom. The fraction of sp³-hybridized carbons (Fsp3) is 0.375. The number of fused-ring (bicyclic) bond motifs is 1. The lowest BCUT2D eigenvalue weighted by atomic mass is 10.1. The van der Waals surface area contributed by atoms with Crippen LogP contribution in [0.25, 0.3) is 11.3 Å². The van der Waals surface area contributed by atoms with Crippen molar-refractivity contribution in [1.29, 1.82) is 0 Å². The van der Waals surface area contributed by atoms with E-state index in [1.165, 1.54) is 18.4 Å². The van der Waals surface area contributed by atoms with Crippen molar-refractivity contribution in [1.82, 2.24) is 29.7 Å². The average Bonchev–Trinajstić information content (AvgIpc) is 3.49. The van der Waals surface area contributed by atoms with Crippen LogP contribution in [0.5, 0.6) is 0 Å². The third-order valence-corrected chi connectivity index (χ3v) is 6.99. The summed E-state index contributed by atoms with van der Waals surface area (Å²) in [6.45, 7) is 7.19. The second kappa shape index (κ2) is 9.34. The van der Waals surface area contributed by atoms with Gasteiger partial charge < -0.3 is 10.6 Å². The summed E-state index contributed by atoms with van der Waals surface area (Å²) in [4.78, 5) is 4.71. The lowest BCUT2D eigenvalue weighted by molar-refractivity contribution is 0.531. The maximum Gasteiger partial charge on any atom is 0.177 e. The lowest BCUT2D eigenvalue weighted by Crippen LogP contribution is -2.31. The zero-order valence-electron chi connectivity index (χ0n) is 18.5. The highest BCUT2D eigenvalue weighted by Crippen LogP contribution is 2.31. The van der Waals surface area contributed by atoms with Crippen LogP contribution in [0.3, 0.4) is 0 Å². The van der Waals surface area contributed by atoms with Gasteiger partial charge >= 0.3 is 0 Å². The van der Waals surface area contributed by atoms with Crippen LogP contribution in [0.4, 0.5) is 5.69 Å². The second-order valence-electron chi connectivity index (χ2n) is 8.49. The highest BCUT2D eigenvalue weighted by atomic mass is 32.2. The Morgan fingerprint density at radius 3 is 2.94 bits per heavy atom. The van der Waals surface area contributed by atoms with Crippen molar-refractivity contribution >= 4 is 23.1 Å². The summed E-state index contributed by atoms with van der Waals surface area (Å²) >= 11 is 1.86. The fourth-order valence-electron chi connectivity index (χ4n) is 4.12. The largest absolute Gasteiger partial charge is 0.378 e. The molecule has 5 rings (SSSR count). The Kier molecular flexibility index (Phi) is 6.14. The van der Waals surface area contributed by atoms with Gasteiger partial charge in [-0.05, 0) is 49.1 Å². The molecular weight excluding hydrogens is 418 g/mol. The van der Waals surface area contributed by atoms with Crippen molar-refractivity contribution in [3.8, 4) is 5.69 Å². The van der Waals surface area contributed by atoms with E-state index in [0.29, 0.717) is 17.7 Å². The highest BCUT2D eigenvalue weighted by molar-refractivity contribution is 7.99. The van der Waals surface area contributed by atoms with E-state index in [4.69, 9.17) is 10.1 Å². The minimum absolute atomic E-state index is 0.350. The molecule has 1 fully saturated rings. The molecule has 166 valence electrons. The quantitative estimate of drug-likeness (QED) is 0.435. The maximum atomic E-state index is 4.96. The number of anilines is 1. The van der Waals surface area contributed by atoms with Gasteiger partial charge in [-0.15, -0.1) is 0 Å². The molecule has 3 aromatic heterocycles. The molecule has 0 radical (unpaired) electrons. The van der Waals surface area contributed by atoms with E-state index in [2.05, 4.69) is 53.8 Å². The van der Waals surface area contributed by atoms with Gasteiger partial charge in [0.1, 0.15) is 5.03 Å². The molecule has 0 saturated carbocycles. The molecule has 7 nitrogen and oxygen atoms in total. The molecule has 0 bridgehead atoms. The molecule has 1 aliphatic rings. The Balaban J connectivity index is 1.46. The molecule has 0 aliphatic carbocycles. The van der Waals surface area contributed by atoms with Crippen LogP contribution in [-0.2, 0) is 6.54 Å². The summed E-state index contributed by atoms with van der Waals surface area (Å²) < 4.78 is 3.92. The van der Waals surface area contributed by atoms with Crippen LogP contribution in [0.2, 0.25) is 0 Å². The van der Waals surface area contributed by atoms with Gasteiger partial charge in [0.15, 0.2) is 5.65 Å².